The summed E-state index contributed by atoms with van der Waals surface area (Å²) in [7, 11) is 0. The van der Waals surface area contributed by atoms with E-state index in [-0.39, 0.29) is 12.1 Å². The van der Waals surface area contributed by atoms with Crippen molar-refractivity contribution in [3.63, 3.8) is 0 Å². The molecule has 0 radical (unpaired) electrons. The molecule has 2 aromatic rings. The average molecular weight is 329 g/mol. The van der Waals surface area contributed by atoms with E-state index < -0.39 is 0 Å². The van der Waals surface area contributed by atoms with Gasteiger partial charge in [0.05, 0.1) is 5.69 Å². The number of carbonyl (C=O) groups excluding carboxylic acids is 1. The van der Waals surface area contributed by atoms with E-state index in [4.69, 9.17) is 4.52 Å². The summed E-state index contributed by atoms with van der Waals surface area (Å²) in [5.74, 6) is 2.62. The number of aryl methyl sites for hydroxylation is 3. The number of aromatic nitrogens is 3. The Morgan fingerprint density at radius 2 is 2.17 bits per heavy atom. The first-order chi connectivity index (χ1) is 11.7. The number of carbonyl (C=O) groups is 1. The third kappa shape index (κ3) is 3.02. The van der Waals surface area contributed by atoms with Crippen LogP contribution in [0, 0.1) is 6.92 Å². The summed E-state index contributed by atoms with van der Waals surface area (Å²) in [6.45, 7) is 2.76. The van der Waals surface area contributed by atoms with Gasteiger partial charge in [0, 0.05) is 37.2 Å². The first kappa shape index (κ1) is 15.2. The second-order valence-electron chi connectivity index (χ2n) is 6.78. The molecule has 1 atom stereocenters. The van der Waals surface area contributed by atoms with Crippen LogP contribution in [0.25, 0.3) is 0 Å². The molecule has 0 fully saturated rings. The van der Waals surface area contributed by atoms with Crippen molar-refractivity contribution >= 4 is 11.8 Å². The molecule has 0 aromatic carbocycles. The highest BCUT2D eigenvalue weighted by atomic mass is 16.5. The molecule has 1 unspecified atom stereocenters. The summed E-state index contributed by atoms with van der Waals surface area (Å²) >= 11 is 0. The molecule has 0 bridgehead atoms. The summed E-state index contributed by atoms with van der Waals surface area (Å²) < 4.78 is 7.53. The molecule has 4 rings (SSSR count). The Hall–Kier alpha value is -2.31. The Kier molecular flexibility index (Phi) is 4.00. The monoisotopic (exact) mass is 329 g/mol. The van der Waals surface area contributed by atoms with Gasteiger partial charge in [0.2, 0.25) is 0 Å². The molecule has 2 N–H and O–H groups in total. The van der Waals surface area contributed by atoms with Gasteiger partial charge in [0.1, 0.15) is 11.6 Å². The quantitative estimate of drug-likeness (QED) is 0.829. The van der Waals surface area contributed by atoms with E-state index in [1.54, 1.807) is 0 Å². The summed E-state index contributed by atoms with van der Waals surface area (Å²) in [5, 5.41) is 9.97. The minimum Gasteiger partial charge on any atom is -0.359 e. The fraction of sp³-hybridized carbons (Fsp3) is 0.588. The zero-order valence-corrected chi connectivity index (χ0v) is 14.0. The molecule has 0 saturated heterocycles. The lowest BCUT2D eigenvalue weighted by Gasteiger charge is -2.24. The van der Waals surface area contributed by atoms with Gasteiger partial charge in [-0.3, -0.25) is 5.32 Å². The van der Waals surface area contributed by atoms with E-state index in [1.807, 2.05) is 13.1 Å². The van der Waals surface area contributed by atoms with Crippen molar-refractivity contribution in [2.75, 3.05) is 5.32 Å². The van der Waals surface area contributed by atoms with Gasteiger partial charge in [-0.15, -0.1) is 0 Å². The number of amides is 2. The molecule has 24 heavy (non-hydrogen) atoms. The van der Waals surface area contributed by atoms with E-state index in [0.29, 0.717) is 5.82 Å². The third-order valence-corrected chi connectivity index (χ3v) is 4.88. The van der Waals surface area contributed by atoms with Crippen molar-refractivity contribution in [1.82, 2.24) is 20.0 Å². The fourth-order valence-corrected chi connectivity index (χ4v) is 3.69. The van der Waals surface area contributed by atoms with Crippen LogP contribution in [0.4, 0.5) is 10.6 Å². The number of urea groups is 1. The third-order valence-electron chi connectivity index (χ3n) is 4.88. The molecule has 0 saturated carbocycles. The molecule has 128 valence electrons. The maximum atomic E-state index is 12.3. The SMILES string of the molecule is Cc1cn2c(n1)CCC(NC(=O)Nc1noc3c1CCCCC3)C2. The van der Waals surface area contributed by atoms with Crippen LogP contribution in [-0.4, -0.2) is 26.8 Å². The molecule has 2 amide bonds. The molecule has 7 heteroatoms. The standard InChI is InChI=1S/C17H23N5O2/c1-11-9-22-10-12(7-8-15(22)18-11)19-17(23)20-16-13-5-3-2-4-6-14(13)24-21-16/h9,12H,2-8,10H2,1H3,(H2,19,20,21,23). The fourth-order valence-electron chi connectivity index (χ4n) is 3.69. The van der Waals surface area contributed by atoms with Crippen LogP contribution in [0.1, 0.15) is 48.5 Å². The highest BCUT2D eigenvalue weighted by molar-refractivity contribution is 5.89. The molecule has 1 aliphatic heterocycles. The Morgan fingerprint density at radius 3 is 3.08 bits per heavy atom. The molecular weight excluding hydrogens is 306 g/mol. The molecular formula is C17H23N5O2. The van der Waals surface area contributed by atoms with Crippen molar-refractivity contribution in [3.05, 3.63) is 29.0 Å². The molecule has 2 aromatic heterocycles. The highest BCUT2D eigenvalue weighted by Crippen LogP contribution is 2.26. The summed E-state index contributed by atoms with van der Waals surface area (Å²) in [5.41, 5.74) is 2.10. The lowest BCUT2D eigenvalue weighted by atomic mass is 10.1. The second-order valence-corrected chi connectivity index (χ2v) is 6.78. The van der Waals surface area contributed by atoms with E-state index >= 15 is 0 Å². The number of nitrogens with zero attached hydrogens (tertiary/aromatic N) is 3. The first-order valence-electron chi connectivity index (χ1n) is 8.76. The minimum absolute atomic E-state index is 0.108. The van der Waals surface area contributed by atoms with Crippen molar-refractivity contribution in [2.45, 2.75) is 64.5 Å². The zero-order chi connectivity index (χ0) is 16.5. The van der Waals surface area contributed by atoms with Crippen LogP contribution in [0.2, 0.25) is 0 Å². The van der Waals surface area contributed by atoms with Gasteiger partial charge >= 0.3 is 6.03 Å². The normalized spacial score (nSPS) is 20.0. The van der Waals surface area contributed by atoms with Gasteiger partial charge in [-0.1, -0.05) is 11.6 Å². The number of hydrogen-bond donors (Lipinski definition) is 2. The smallest absolute Gasteiger partial charge is 0.320 e. The van der Waals surface area contributed by atoms with E-state index in [9.17, 15) is 4.79 Å². The topological polar surface area (TPSA) is 85.0 Å². The van der Waals surface area contributed by atoms with Crippen LogP contribution < -0.4 is 10.6 Å². The maximum Gasteiger partial charge on any atom is 0.320 e. The second kappa shape index (κ2) is 6.30. The molecule has 2 aliphatic rings. The Balaban J connectivity index is 1.38. The summed E-state index contributed by atoms with van der Waals surface area (Å²) in [6, 6.07) is -0.0998. The number of anilines is 1. The minimum atomic E-state index is -0.208. The van der Waals surface area contributed by atoms with Gasteiger partial charge in [-0.25, -0.2) is 9.78 Å². The zero-order valence-electron chi connectivity index (χ0n) is 14.0. The number of rotatable bonds is 2. The summed E-state index contributed by atoms with van der Waals surface area (Å²) in [6.07, 6.45) is 9.12. The van der Waals surface area contributed by atoms with Gasteiger partial charge in [-0.05, 0) is 32.6 Å². The highest BCUT2D eigenvalue weighted by Gasteiger charge is 2.23. The predicted molar refractivity (Wildman–Crippen MR) is 89.0 cm³/mol. The lowest BCUT2D eigenvalue weighted by molar-refractivity contribution is 0.244. The Labute approximate surface area is 140 Å². The largest absolute Gasteiger partial charge is 0.359 e. The number of fused-ring (bicyclic) bond motifs is 2. The molecule has 1 aliphatic carbocycles. The van der Waals surface area contributed by atoms with E-state index in [1.165, 1.54) is 6.42 Å². The van der Waals surface area contributed by atoms with E-state index in [2.05, 4.69) is 25.3 Å². The van der Waals surface area contributed by atoms with Crippen LogP contribution in [0.15, 0.2) is 10.7 Å². The number of imidazole rings is 1. The maximum absolute atomic E-state index is 12.3. The molecule has 0 spiro atoms. The van der Waals surface area contributed by atoms with Crippen molar-refractivity contribution in [1.29, 1.82) is 0 Å². The van der Waals surface area contributed by atoms with Crippen molar-refractivity contribution in [2.24, 2.45) is 0 Å². The summed E-state index contributed by atoms with van der Waals surface area (Å²) in [4.78, 5) is 16.8. The predicted octanol–water partition coefficient (Wildman–Crippen LogP) is 2.58. The molecule has 3 heterocycles. The Bertz CT molecular complexity index is 748. The van der Waals surface area contributed by atoms with Crippen LogP contribution in [0.5, 0.6) is 0 Å². The van der Waals surface area contributed by atoms with Crippen molar-refractivity contribution in [3.8, 4) is 0 Å². The lowest BCUT2D eigenvalue weighted by Crippen LogP contribution is -2.43. The molecule has 7 nitrogen and oxygen atoms in total. The first-order valence-corrected chi connectivity index (χ1v) is 8.76. The van der Waals surface area contributed by atoms with Crippen LogP contribution in [0.3, 0.4) is 0 Å². The number of nitrogens with one attached hydrogen (secondary N) is 2. The van der Waals surface area contributed by atoms with Gasteiger partial charge in [0.15, 0.2) is 5.82 Å². The van der Waals surface area contributed by atoms with E-state index in [0.717, 1.165) is 67.9 Å². The van der Waals surface area contributed by atoms with Gasteiger partial charge in [-0.2, -0.15) is 0 Å². The average Bonchev–Trinajstić information content (AvgIpc) is 3.00. The van der Waals surface area contributed by atoms with Gasteiger partial charge in [0.25, 0.3) is 0 Å². The Morgan fingerprint density at radius 1 is 1.29 bits per heavy atom. The van der Waals surface area contributed by atoms with Crippen molar-refractivity contribution < 1.29 is 9.32 Å². The van der Waals surface area contributed by atoms with Crippen LogP contribution >= 0.6 is 0 Å². The van der Waals surface area contributed by atoms with Gasteiger partial charge < -0.3 is 14.4 Å². The number of hydrogen-bond acceptors (Lipinski definition) is 4. The van der Waals surface area contributed by atoms with Crippen LogP contribution in [-0.2, 0) is 25.8 Å².